The van der Waals surface area contributed by atoms with Crippen molar-refractivity contribution in [3.8, 4) is 0 Å². The van der Waals surface area contributed by atoms with Crippen LogP contribution in [-0.4, -0.2) is 48.7 Å². The Kier molecular flexibility index (Phi) is 10.4. The predicted octanol–water partition coefficient (Wildman–Crippen LogP) is 5.65. The quantitative estimate of drug-likeness (QED) is 0.312. The molecule has 1 heterocycles. The van der Waals surface area contributed by atoms with Crippen LogP contribution in [0.2, 0.25) is 0 Å². The van der Waals surface area contributed by atoms with Crippen LogP contribution in [0.3, 0.4) is 0 Å². The molecule has 0 aliphatic carbocycles. The second kappa shape index (κ2) is 12.5. The zero-order chi connectivity index (χ0) is 20.4. The molecule has 2 aromatic rings. The van der Waals surface area contributed by atoms with Gasteiger partial charge in [0.25, 0.3) is 0 Å². The van der Waals surface area contributed by atoms with E-state index in [-0.39, 0.29) is 11.0 Å². The smallest absolute Gasteiger partial charge is 0.192 e. The molecule has 154 valence electrons. The van der Waals surface area contributed by atoms with Gasteiger partial charge in [-0.25, -0.2) is 0 Å². The summed E-state index contributed by atoms with van der Waals surface area (Å²) in [4.78, 5) is 13.8. The highest BCUT2D eigenvalue weighted by atomic mass is 32.2. The van der Waals surface area contributed by atoms with Gasteiger partial charge in [-0.15, -0.1) is 0 Å². The summed E-state index contributed by atoms with van der Waals surface area (Å²) >= 11 is 8.55. The second-order valence-electron chi connectivity index (χ2n) is 6.57. The van der Waals surface area contributed by atoms with Gasteiger partial charge in [0, 0.05) is 47.7 Å². The van der Waals surface area contributed by atoms with Gasteiger partial charge in [-0.3, -0.25) is 4.79 Å². The molecule has 1 aromatic heterocycles. The largest absolute Gasteiger partial charge is 0.445 e. The molecule has 4 nitrogen and oxygen atoms in total. The molecule has 2 rings (SSSR count). The Morgan fingerprint density at radius 3 is 2.75 bits per heavy atom. The number of fused-ring (bicyclic) bond motifs is 1. The van der Waals surface area contributed by atoms with Crippen LogP contribution < -0.4 is 4.90 Å². The number of carbonyl (C=O) groups is 1. The molecule has 0 aliphatic rings. The first-order chi connectivity index (χ1) is 13.5. The minimum atomic E-state index is 0.118. The zero-order valence-electron chi connectivity index (χ0n) is 16.8. The lowest BCUT2D eigenvalue weighted by atomic mass is 10.2. The summed E-state index contributed by atoms with van der Waals surface area (Å²) in [5, 5.41) is 1.35. The van der Waals surface area contributed by atoms with Crippen molar-refractivity contribution < 1.29 is 13.9 Å². The van der Waals surface area contributed by atoms with E-state index in [0.29, 0.717) is 11.3 Å². The van der Waals surface area contributed by atoms with Crippen LogP contribution in [0, 0.1) is 10.6 Å². The molecule has 0 saturated heterocycles. The van der Waals surface area contributed by atoms with E-state index in [0.717, 1.165) is 53.6 Å². The van der Waals surface area contributed by atoms with Crippen molar-refractivity contribution in [1.82, 2.24) is 0 Å². The molecule has 0 bridgehead atoms. The summed E-state index contributed by atoms with van der Waals surface area (Å²) in [6.45, 7) is 9.10. The lowest BCUT2D eigenvalue weighted by Gasteiger charge is -2.24. The van der Waals surface area contributed by atoms with Crippen LogP contribution in [0.1, 0.15) is 20.8 Å². The standard InChI is InChI=1S/C21H29NO3S3/c1-4-22(18-15-20(26)25-19-8-6-5-7-17(18)19)9-10-24-11-12-27-13-14-28-21(23)16(2)3/h5-8,15-16H,4,9-14H2,1-3H3. The molecule has 0 radical (unpaired) electrons. The van der Waals surface area contributed by atoms with Gasteiger partial charge in [-0.05, 0) is 31.3 Å². The summed E-state index contributed by atoms with van der Waals surface area (Å²) in [6.07, 6.45) is 0. The Morgan fingerprint density at radius 2 is 2.00 bits per heavy atom. The molecular formula is C21H29NO3S3. The van der Waals surface area contributed by atoms with E-state index < -0.39 is 0 Å². The van der Waals surface area contributed by atoms with Gasteiger partial charge in [-0.1, -0.05) is 37.7 Å². The number of para-hydroxylation sites is 1. The molecule has 0 spiro atoms. The molecule has 0 saturated carbocycles. The highest BCUT2D eigenvalue weighted by Crippen LogP contribution is 2.27. The SMILES string of the molecule is CCN(CCOCCSCCSC(=O)C(C)C)c1cc(=S)oc2ccccc12. The van der Waals surface area contributed by atoms with E-state index in [1.165, 1.54) is 11.8 Å². The number of rotatable bonds is 12. The number of carbonyl (C=O) groups excluding carboxylic acids is 1. The number of thioether (sulfide) groups is 2. The number of nitrogens with zero attached hydrogens (tertiary/aromatic N) is 1. The van der Waals surface area contributed by atoms with E-state index in [1.54, 1.807) is 0 Å². The topological polar surface area (TPSA) is 42.7 Å². The molecule has 0 fully saturated rings. The van der Waals surface area contributed by atoms with Gasteiger partial charge in [-0.2, -0.15) is 11.8 Å². The fourth-order valence-electron chi connectivity index (χ4n) is 2.67. The molecule has 0 N–H and O–H groups in total. The van der Waals surface area contributed by atoms with Crippen molar-refractivity contribution in [2.24, 2.45) is 5.92 Å². The average Bonchev–Trinajstić information content (AvgIpc) is 2.68. The van der Waals surface area contributed by atoms with E-state index in [1.807, 2.05) is 49.9 Å². The van der Waals surface area contributed by atoms with Crippen molar-refractivity contribution in [3.63, 3.8) is 0 Å². The van der Waals surface area contributed by atoms with E-state index in [4.69, 9.17) is 21.4 Å². The van der Waals surface area contributed by atoms with Crippen molar-refractivity contribution >= 4 is 57.5 Å². The summed E-state index contributed by atoms with van der Waals surface area (Å²) < 4.78 is 12.0. The van der Waals surface area contributed by atoms with Crippen LogP contribution >= 0.6 is 35.7 Å². The highest BCUT2D eigenvalue weighted by Gasteiger charge is 2.10. The third-order valence-electron chi connectivity index (χ3n) is 4.17. The van der Waals surface area contributed by atoms with Crippen molar-refractivity contribution in [1.29, 1.82) is 0 Å². The number of likely N-dealkylation sites (N-methyl/N-ethyl adjacent to an activating group) is 1. The summed E-state index contributed by atoms with van der Waals surface area (Å²) in [5.74, 6) is 2.92. The number of benzene rings is 1. The number of hydrogen-bond acceptors (Lipinski definition) is 7. The Hall–Kier alpha value is -1.02. The molecule has 0 unspecified atom stereocenters. The van der Waals surface area contributed by atoms with Gasteiger partial charge < -0.3 is 14.1 Å². The maximum Gasteiger partial charge on any atom is 0.192 e. The maximum atomic E-state index is 11.5. The minimum Gasteiger partial charge on any atom is -0.445 e. The monoisotopic (exact) mass is 439 g/mol. The molecule has 1 aromatic carbocycles. The average molecular weight is 440 g/mol. The van der Waals surface area contributed by atoms with E-state index >= 15 is 0 Å². The Morgan fingerprint density at radius 1 is 1.21 bits per heavy atom. The summed E-state index contributed by atoms with van der Waals surface area (Å²) in [6, 6.07) is 9.90. The number of ether oxygens (including phenoxy) is 1. The first kappa shape index (κ1) is 23.3. The Balaban J connectivity index is 1.71. The number of anilines is 1. The molecular weight excluding hydrogens is 410 g/mol. The third kappa shape index (κ3) is 7.43. The van der Waals surface area contributed by atoms with Crippen LogP contribution in [-0.2, 0) is 9.53 Å². The molecule has 0 amide bonds. The van der Waals surface area contributed by atoms with Crippen LogP contribution in [0.15, 0.2) is 34.7 Å². The predicted molar refractivity (Wildman–Crippen MR) is 125 cm³/mol. The van der Waals surface area contributed by atoms with Gasteiger partial charge in [0.1, 0.15) is 5.58 Å². The first-order valence-corrected chi connectivity index (χ1v) is 12.2. The van der Waals surface area contributed by atoms with Gasteiger partial charge in [0.2, 0.25) is 0 Å². The normalized spacial score (nSPS) is 11.3. The van der Waals surface area contributed by atoms with Crippen LogP contribution in [0.25, 0.3) is 11.0 Å². The zero-order valence-corrected chi connectivity index (χ0v) is 19.3. The van der Waals surface area contributed by atoms with Crippen molar-refractivity contribution in [2.45, 2.75) is 20.8 Å². The maximum absolute atomic E-state index is 11.5. The molecule has 0 atom stereocenters. The molecule has 0 aliphatic heterocycles. The fourth-order valence-corrected chi connectivity index (χ4v) is 4.65. The number of hydrogen-bond donors (Lipinski definition) is 0. The fraction of sp³-hybridized carbons (Fsp3) is 0.524. The van der Waals surface area contributed by atoms with E-state index in [9.17, 15) is 4.79 Å². The van der Waals surface area contributed by atoms with Gasteiger partial charge in [0.05, 0.1) is 18.9 Å². The summed E-state index contributed by atoms with van der Waals surface area (Å²) in [5.41, 5.74) is 1.91. The lowest BCUT2D eigenvalue weighted by Crippen LogP contribution is -2.27. The van der Waals surface area contributed by atoms with Crippen LogP contribution in [0.4, 0.5) is 5.69 Å². The molecule has 7 heteroatoms. The summed E-state index contributed by atoms with van der Waals surface area (Å²) in [7, 11) is 0. The van der Waals surface area contributed by atoms with E-state index in [2.05, 4.69) is 17.9 Å². The highest BCUT2D eigenvalue weighted by molar-refractivity contribution is 8.14. The minimum absolute atomic E-state index is 0.118. The molecule has 28 heavy (non-hydrogen) atoms. The lowest BCUT2D eigenvalue weighted by molar-refractivity contribution is -0.113. The Bertz CT molecular complexity index is 807. The van der Waals surface area contributed by atoms with Crippen molar-refractivity contribution in [2.75, 3.05) is 48.5 Å². The Labute approximate surface area is 181 Å². The first-order valence-electron chi connectivity index (χ1n) is 9.63. The van der Waals surface area contributed by atoms with Crippen LogP contribution in [0.5, 0.6) is 0 Å². The van der Waals surface area contributed by atoms with Gasteiger partial charge in [0.15, 0.2) is 9.82 Å². The third-order valence-corrected chi connectivity index (χ3v) is 6.74. The second-order valence-corrected chi connectivity index (χ2v) is 9.30. The van der Waals surface area contributed by atoms with Gasteiger partial charge >= 0.3 is 0 Å². The van der Waals surface area contributed by atoms with Crippen molar-refractivity contribution in [3.05, 3.63) is 35.0 Å².